The third-order valence-corrected chi connectivity index (χ3v) is 0.469. The van der Waals surface area contributed by atoms with Crippen LogP contribution in [0.2, 0.25) is 5.72 Å². The van der Waals surface area contributed by atoms with Gasteiger partial charge in [0.1, 0.15) is 5.78 Å². The predicted molar refractivity (Wildman–Crippen MR) is 25.9 cm³/mol. The molecule has 0 saturated heterocycles. The van der Waals surface area contributed by atoms with Crippen LogP contribution in [0.25, 0.3) is 0 Å². The molecule has 0 bridgehead atoms. The molecule has 0 aromatic carbocycles. The van der Waals surface area contributed by atoms with E-state index in [1.54, 1.807) is 0 Å². The zero-order chi connectivity index (χ0) is 5.15. The van der Waals surface area contributed by atoms with Crippen molar-refractivity contribution < 1.29 is 4.79 Å². The lowest BCUT2D eigenvalue weighted by Gasteiger charge is -1.91. The van der Waals surface area contributed by atoms with Crippen LogP contribution in [-0.2, 0) is 4.79 Å². The number of carbonyl (C=O) groups excluding carboxylic acids is 1. The van der Waals surface area contributed by atoms with Crippen molar-refractivity contribution >= 4 is 21.5 Å². The maximum atomic E-state index is 9.89. The van der Waals surface area contributed by atoms with Crippen molar-refractivity contribution in [3.8, 4) is 0 Å². The lowest BCUT2D eigenvalue weighted by molar-refractivity contribution is -0.115. The molecule has 1 nitrogen and oxygen atoms in total. The molecule has 0 heterocycles. The Hall–Kier alpha value is -0.200. The van der Waals surface area contributed by atoms with Crippen LogP contribution in [-0.4, -0.2) is 21.5 Å². The molecular formula is C3H4B2O. The Morgan fingerprint density at radius 2 is 1.83 bits per heavy atom. The van der Waals surface area contributed by atoms with Crippen molar-refractivity contribution in [2.75, 3.05) is 0 Å². The minimum Gasteiger partial charge on any atom is -0.301 e. The first-order valence-electron chi connectivity index (χ1n) is 1.66. The fourth-order valence-electron chi connectivity index (χ4n) is 0. The van der Waals surface area contributed by atoms with Crippen molar-refractivity contribution in [3.63, 3.8) is 0 Å². The molecule has 0 amide bonds. The molecule has 0 fully saturated rings. The molecule has 6 heavy (non-hydrogen) atoms. The topological polar surface area (TPSA) is 17.1 Å². The van der Waals surface area contributed by atoms with Crippen molar-refractivity contribution in [3.05, 3.63) is 0 Å². The number of hydrogen-bond donors (Lipinski definition) is 0. The summed E-state index contributed by atoms with van der Waals surface area (Å²) in [5.41, 5.74) is -0.787. The van der Waals surface area contributed by atoms with Gasteiger partial charge in [-0.3, -0.25) is 0 Å². The van der Waals surface area contributed by atoms with Crippen molar-refractivity contribution in [2.24, 2.45) is 0 Å². The molecule has 0 aliphatic carbocycles. The molecule has 4 radical (unpaired) electrons. The highest BCUT2D eigenvalue weighted by Gasteiger charge is 1.94. The number of ketones is 1. The van der Waals surface area contributed by atoms with Gasteiger partial charge in [0.2, 0.25) is 0 Å². The predicted octanol–water partition coefficient (Wildman–Crippen LogP) is -0.342. The van der Waals surface area contributed by atoms with E-state index in [0.717, 1.165) is 0 Å². The van der Waals surface area contributed by atoms with Crippen LogP contribution in [0.15, 0.2) is 0 Å². The third-order valence-electron chi connectivity index (χ3n) is 0.469. The van der Waals surface area contributed by atoms with Crippen LogP contribution in [0.4, 0.5) is 0 Å². The molecule has 0 rings (SSSR count). The summed E-state index contributed by atoms with van der Waals surface area (Å²) in [7, 11) is 9.73. The Morgan fingerprint density at radius 1 is 1.67 bits per heavy atom. The van der Waals surface area contributed by atoms with Crippen molar-refractivity contribution in [2.45, 2.75) is 12.6 Å². The average molecular weight is 77.7 g/mol. The first kappa shape index (κ1) is 5.80. The summed E-state index contributed by atoms with van der Waals surface area (Å²) >= 11 is 0. The summed E-state index contributed by atoms with van der Waals surface area (Å²) in [5.74, 6) is -0.185. The van der Waals surface area contributed by atoms with E-state index in [1.165, 1.54) is 6.92 Å². The minimum atomic E-state index is -0.787. The number of Topliss-reactive ketones (excluding diaryl/α,β-unsaturated/α-hetero) is 1. The monoisotopic (exact) mass is 78.0 g/mol. The van der Waals surface area contributed by atoms with E-state index in [1.807, 2.05) is 0 Å². The van der Waals surface area contributed by atoms with Crippen LogP contribution < -0.4 is 0 Å². The highest BCUT2D eigenvalue weighted by atomic mass is 16.1. The maximum Gasteiger partial charge on any atom is 0.116 e. The molecule has 0 N–H and O–H groups in total. The van der Waals surface area contributed by atoms with Gasteiger partial charge in [0.25, 0.3) is 0 Å². The van der Waals surface area contributed by atoms with Gasteiger partial charge >= 0.3 is 0 Å². The molecule has 0 unspecified atom stereocenters. The largest absolute Gasteiger partial charge is 0.301 e. The Labute approximate surface area is 39.9 Å². The second kappa shape index (κ2) is 2.06. The lowest BCUT2D eigenvalue weighted by atomic mass is 9.69. The molecular weight excluding hydrogens is 73.7 g/mol. The number of carbonyl (C=O) groups is 1. The van der Waals surface area contributed by atoms with Gasteiger partial charge in [0.05, 0.1) is 15.7 Å². The molecule has 28 valence electrons. The van der Waals surface area contributed by atoms with Crippen molar-refractivity contribution in [1.29, 1.82) is 0 Å². The highest BCUT2D eigenvalue weighted by Crippen LogP contribution is 1.87. The van der Waals surface area contributed by atoms with Gasteiger partial charge in [-0.25, -0.2) is 0 Å². The standard InChI is InChI=1S/C3H4B2O/c1-2(6)3(4)5/h3H,1H3. The fourth-order valence-corrected chi connectivity index (χ4v) is 0. The minimum absolute atomic E-state index is 0.185. The van der Waals surface area contributed by atoms with E-state index >= 15 is 0 Å². The molecule has 0 aromatic heterocycles. The second-order valence-electron chi connectivity index (χ2n) is 1.14. The molecule has 0 spiro atoms. The van der Waals surface area contributed by atoms with E-state index in [9.17, 15) is 4.79 Å². The first-order chi connectivity index (χ1) is 2.64. The molecule has 0 atom stereocenters. The zero-order valence-corrected chi connectivity index (χ0v) is 3.64. The summed E-state index contributed by atoms with van der Waals surface area (Å²) in [6.07, 6.45) is 0. The van der Waals surface area contributed by atoms with Crippen LogP contribution in [0.1, 0.15) is 6.92 Å². The first-order valence-corrected chi connectivity index (χ1v) is 1.66. The van der Waals surface area contributed by atoms with Gasteiger partial charge in [-0.2, -0.15) is 0 Å². The summed E-state index contributed by atoms with van der Waals surface area (Å²) in [6.45, 7) is 1.35. The Balaban J connectivity index is 3.26. The zero-order valence-electron chi connectivity index (χ0n) is 3.64. The quantitative estimate of drug-likeness (QED) is 0.392. The van der Waals surface area contributed by atoms with Gasteiger partial charge < -0.3 is 4.79 Å². The van der Waals surface area contributed by atoms with Gasteiger partial charge in [-0.05, 0) is 6.92 Å². The fraction of sp³-hybridized carbons (Fsp3) is 0.667. The van der Waals surface area contributed by atoms with Crippen LogP contribution >= 0.6 is 0 Å². The number of rotatable bonds is 1. The lowest BCUT2D eigenvalue weighted by Crippen LogP contribution is -2.01. The van der Waals surface area contributed by atoms with Crippen LogP contribution in [0, 0.1) is 0 Å². The number of hydrogen-bond acceptors (Lipinski definition) is 1. The molecule has 0 aromatic rings. The van der Waals surface area contributed by atoms with Gasteiger partial charge in [-0.1, -0.05) is 5.72 Å². The van der Waals surface area contributed by atoms with Gasteiger partial charge in [0.15, 0.2) is 0 Å². The average Bonchev–Trinajstić information content (AvgIpc) is 1.36. The normalized spacial score (nSPS) is 9.00. The molecule has 0 aliphatic rings. The van der Waals surface area contributed by atoms with Crippen LogP contribution in [0.3, 0.4) is 0 Å². The summed E-state index contributed by atoms with van der Waals surface area (Å²) < 4.78 is 0. The van der Waals surface area contributed by atoms with E-state index in [0.29, 0.717) is 0 Å². The van der Waals surface area contributed by atoms with Crippen molar-refractivity contribution in [1.82, 2.24) is 0 Å². The SMILES string of the molecule is [B]C([B])C(C)=O. The van der Waals surface area contributed by atoms with Gasteiger partial charge in [-0.15, -0.1) is 0 Å². The third kappa shape index (κ3) is 2.06. The summed E-state index contributed by atoms with van der Waals surface area (Å²) in [6, 6.07) is 0. The highest BCUT2D eigenvalue weighted by molar-refractivity contribution is 6.45. The Bertz CT molecular complexity index is 59.8. The second-order valence-corrected chi connectivity index (χ2v) is 1.14. The van der Waals surface area contributed by atoms with E-state index < -0.39 is 5.72 Å². The summed E-state index contributed by atoms with van der Waals surface area (Å²) in [4.78, 5) is 9.89. The summed E-state index contributed by atoms with van der Waals surface area (Å²) in [5, 5.41) is 0. The van der Waals surface area contributed by atoms with Crippen LogP contribution in [0.5, 0.6) is 0 Å². The Morgan fingerprint density at radius 3 is 1.83 bits per heavy atom. The van der Waals surface area contributed by atoms with Gasteiger partial charge in [0, 0.05) is 0 Å². The molecule has 0 saturated carbocycles. The Kier molecular flexibility index (Phi) is 1.99. The van der Waals surface area contributed by atoms with E-state index in [4.69, 9.17) is 15.7 Å². The molecule has 3 heteroatoms. The van der Waals surface area contributed by atoms with E-state index in [-0.39, 0.29) is 5.78 Å². The molecule has 0 aliphatic heterocycles. The van der Waals surface area contributed by atoms with E-state index in [2.05, 4.69) is 0 Å². The smallest absolute Gasteiger partial charge is 0.116 e. The maximum absolute atomic E-state index is 9.89.